The summed E-state index contributed by atoms with van der Waals surface area (Å²) in [4.78, 5) is 16.8. The van der Waals surface area contributed by atoms with Crippen molar-refractivity contribution in [3.05, 3.63) is 41.4 Å². The smallest absolute Gasteiger partial charge is 0.355 e. The van der Waals surface area contributed by atoms with Crippen LogP contribution in [0.3, 0.4) is 0 Å². The quantitative estimate of drug-likeness (QED) is 0.441. The number of benzene rings is 1. The SMILES string of the molecule is C[C@@H]1OC(O)N(CCSc2nc(C(=O)O)cs2)[C@H]1CCC(O)COc1ccccc1. The van der Waals surface area contributed by atoms with Crippen LogP contribution in [0.15, 0.2) is 40.1 Å². The van der Waals surface area contributed by atoms with E-state index in [9.17, 15) is 15.0 Å². The Hall–Kier alpha value is -1.69. The number of aromatic carboxylic acids is 1. The van der Waals surface area contributed by atoms with Gasteiger partial charge in [0, 0.05) is 23.7 Å². The predicted molar refractivity (Wildman–Crippen MR) is 114 cm³/mol. The molecule has 0 saturated carbocycles. The first-order chi connectivity index (χ1) is 14.4. The monoisotopic (exact) mass is 454 g/mol. The maximum absolute atomic E-state index is 10.9. The highest BCUT2D eigenvalue weighted by Crippen LogP contribution is 2.28. The van der Waals surface area contributed by atoms with Crippen LogP contribution in [0.4, 0.5) is 0 Å². The van der Waals surface area contributed by atoms with E-state index in [2.05, 4.69) is 4.98 Å². The molecular weight excluding hydrogens is 428 g/mol. The van der Waals surface area contributed by atoms with Crippen molar-refractivity contribution in [3.63, 3.8) is 0 Å². The van der Waals surface area contributed by atoms with Crippen LogP contribution in [0.2, 0.25) is 0 Å². The highest BCUT2D eigenvalue weighted by atomic mass is 32.2. The van der Waals surface area contributed by atoms with E-state index in [0.717, 1.165) is 5.75 Å². The Morgan fingerprint density at radius 3 is 2.87 bits per heavy atom. The number of aliphatic hydroxyl groups is 2. The van der Waals surface area contributed by atoms with Gasteiger partial charge in [-0.25, -0.2) is 14.7 Å². The summed E-state index contributed by atoms with van der Waals surface area (Å²) >= 11 is 2.74. The molecular formula is C20H26N2O6S2. The highest BCUT2D eigenvalue weighted by molar-refractivity contribution is 8.01. The molecule has 8 nitrogen and oxygen atoms in total. The zero-order chi connectivity index (χ0) is 21.5. The molecule has 1 saturated heterocycles. The number of aliphatic hydroxyl groups excluding tert-OH is 2. The van der Waals surface area contributed by atoms with Crippen molar-refractivity contribution in [2.45, 2.75) is 48.8 Å². The summed E-state index contributed by atoms with van der Waals surface area (Å²) in [6.45, 7) is 2.67. The predicted octanol–water partition coefficient (Wildman–Crippen LogP) is 2.52. The molecule has 0 spiro atoms. The van der Waals surface area contributed by atoms with E-state index in [-0.39, 0.29) is 24.4 Å². The fourth-order valence-electron chi connectivity index (χ4n) is 3.29. The summed E-state index contributed by atoms with van der Waals surface area (Å²) in [6.07, 6.45) is -0.588. The summed E-state index contributed by atoms with van der Waals surface area (Å²) in [6, 6.07) is 9.32. The van der Waals surface area contributed by atoms with Crippen LogP contribution >= 0.6 is 23.1 Å². The molecule has 2 unspecified atom stereocenters. The number of rotatable bonds is 11. The molecule has 2 aromatic rings. The van der Waals surface area contributed by atoms with Gasteiger partial charge in [-0.15, -0.1) is 11.3 Å². The van der Waals surface area contributed by atoms with E-state index in [1.54, 1.807) is 0 Å². The number of hydrogen-bond donors (Lipinski definition) is 3. The van der Waals surface area contributed by atoms with Crippen LogP contribution in [0.5, 0.6) is 5.75 Å². The summed E-state index contributed by atoms with van der Waals surface area (Å²) in [7, 11) is 0. The van der Waals surface area contributed by atoms with Crippen molar-refractivity contribution >= 4 is 29.1 Å². The molecule has 1 aliphatic rings. The van der Waals surface area contributed by atoms with E-state index >= 15 is 0 Å². The first kappa shape index (κ1) is 23.0. The van der Waals surface area contributed by atoms with Gasteiger partial charge in [-0.1, -0.05) is 30.0 Å². The molecule has 10 heteroatoms. The van der Waals surface area contributed by atoms with Crippen LogP contribution in [0.25, 0.3) is 0 Å². The second-order valence-corrected chi connectivity index (χ2v) is 9.18. The molecule has 30 heavy (non-hydrogen) atoms. The lowest BCUT2D eigenvalue weighted by atomic mass is 10.0. The lowest BCUT2D eigenvalue weighted by Gasteiger charge is -2.26. The summed E-state index contributed by atoms with van der Waals surface area (Å²) in [5.74, 6) is 0.317. The summed E-state index contributed by atoms with van der Waals surface area (Å²) in [5.41, 5.74) is 0.0465. The fraction of sp³-hybridized carbons (Fsp3) is 0.500. The van der Waals surface area contributed by atoms with Gasteiger partial charge >= 0.3 is 5.97 Å². The van der Waals surface area contributed by atoms with Crippen molar-refractivity contribution in [2.75, 3.05) is 18.9 Å². The summed E-state index contributed by atoms with van der Waals surface area (Å²) in [5, 5.41) is 31.0. The number of nitrogens with zero attached hydrogens (tertiary/aromatic N) is 2. The van der Waals surface area contributed by atoms with Gasteiger partial charge < -0.3 is 24.8 Å². The van der Waals surface area contributed by atoms with Gasteiger partial charge in [0.2, 0.25) is 6.41 Å². The lowest BCUT2D eigenvalue weighted by Crippen LogP contribution is -2.40. The Labute approximate surface area is 183 Å². The number of thioether (sulfide) groups is 1. The van der Waals surface area contributed by atoms with Crippen molar-refractivity contribution in [2.24, 2.45) is 0 Å². The summed E-state index contributed by atoms with van der Waals surface area (Å²) < 4.78 is 11.8. The Morgan fingerprint density at radius 2 is 2.17 bits per heavy atom. The molecule has 0 aliphatic carbocycles. The van der Waals surface area contributed by atoms with Gasteiger partial charge in [0.05, 0.1) is 12.2 Å². The van der Waals surface area contributed by atoms with E-state index in [0.29, 0.717) is 29.5 Å². The van der Waals surface area contributed by atoms with Gasteiger partial charge in [-0.2, -0.15) is 0 Å². The normalized spacial score (nSPS) is 22.8. The molecule has 2 heterocycles. The minimum atomic E-state index is -1.04. The highest BCUT2D eigenvalue weighted by Gasteiger charge is 2.38. The van der Waals surface area contributed by atoms with Crippen LogP contribution < -0.4 is 4.74 Å². The van der Waals surface area contributed by atoms with Gasteiger partial charge in [-0.3, -0.25) is 0 Å². The number of thiazole rings is 1. The number of carboxylic acid groups (broad SMARTS) is 1. The second-order valence-electron chi connectivity index (χ2n) is 6.98. The first-order valence-electron chi connectivity index (χ1n) is 9.71. The number of para-hydroxylation sites is 1. The first-order valence-corrected chi connectivity index (χ1v) is 11.6. The molecule has 3 rings (SSSR count). The van der Waals surface area contributed by atoms with Crippen LogP contribution in [0, 0.1) is 0 Å². The van der Waals surface area contributed by atoms with Crippen molar-refractivity contribution in [1.82, 2.24) is 9.88 Å². The third kappa shape index (κ3) is 6.40. The Morgan fingerprint density at radius 1 is 1.40 bits per heavy atom. The number of hydrogen-bond acceptors (Lipinski definition) is 9. The minimum absolute atomic E-state index is 0.0298. The lowest BCUT2D eigenvalue weighted by molar-refractivity contribution is -0.146. The third-order valence-corrected chi connectivity index (χ3v) is 6.85. The number of carbonyl (C=O) groups is 1. The molecule has 3 N–H and O–H groups in total. The van der Waals surface area contributed by atoms with E-state index in [1.807, 2.05) is 42.2 Å². The van der Waals surface area contributed by atoms with Crippen molar-refractivity contribution < 1.29 is 29.6 Å². The average molecular weight is 455 g/mol. The van der Waals surface area contributed by atoms with E-state index < -0.39 is 18.5 Å². The van der Waals surface area contributed by atoms with Gasteiger partial charge in [0.15, 0.2) is 10.0 Å². The van der Waals surface area contributed by atoms with Crippen molar-refractivity contribution in [3.8, 4) is 5.75 Å². The van der Waals surface area contributed by atoms with Crippen LogP contribution in [0.1, 0.15) is 30.3 Å². The Bertz CT molecular complexity index is 806. The second kappa shape index (κ2) is 11.1. The molecule has 1 fully saturated rings. The topological polar surface area (TPSA) is 112 Å². The maximum atomic E-state index is 10.9. The zero-order valence-corrected chi connectivity index (χ0v) is 18.2. The Balaban J connectivity index is 1.44. The molecule has 164 valence electrons. The fourth-order valence-corrected chi connectivity index (χ4v) is 5.11. The van der Waals surface area contributed by atoms with Gasteiger partial charge in [0.1, 0.15) is 12.4 Å². The minimum Gasteiger partial charge on any atom is -0.491 e. The molecule has 0 amide bonds. The Kier molecular flexibility index (Phi) is 8.49. The number of ether oxygens (including phenoxy) is 2. The van der Waals surface area contributed by atoms with Gasteiger partial charge in [0.25, 0.3) is 0 Å². The van der Waals surface area contributed by atoms with E-state index in [1.165, 1.54) is 28.5 Å². The molecule has 0 bridgehead atoms. The van der Waals surface area contributed by atoms with E-state index in [4.69, 9.17) is 14.6 Å². The number of aromatic nitrogens is 1. The average Bonchev–Trinajstić information content (AvgIpc) is 3.30. The zero-order valence-electron chi connectivity index (χ0n) is 16.6. The van der Waals surface area contributed by atoms with Crippen LogP contribution in [-0.4, -0.2) is 74.7 Å². The molecule has 1 aromatic heterocycles. The number of carboxylic acids is 1. The largest absolute Gasteiger partial charge is 0.491 e. The molecule has 0 radical (unpaired) electrons. The molecule has 1 aliphatic heterocycles. The van der Waals surface area contributed by atoms with Crippen molar-refractivity contribution in [1.29, 1.82) is 0 Å². The van der Waals surface area contributed by atoms with Gasteiger partial charge in [-0.05, 0) is 31.9 Å². The van der Waals surface area contributed by atoms with Crippen LogP contribution in [-0.2, 0) is 4.74 Å². The third-order valence-electron chi connectivity index (χ3n) is 4.85. The molecule has 4 atom stereocenters. The standard InChI is InChI=1S/C20H26N2O6S2/c1-13-17(8-7-14(23)11-27-15-5-3-2-4-6-15)22(20(26)28-13)9-10-29-19-21-16(12-30-19)18(24)25/h2-6,12-14,17,20,23,26H,7-11H2,1H3,(H,24,25)/t13-,14?,17-,20?/m0/s1. The maximum Gasteiger partial charge on any atom is 0.355 e. The molecule has 1 aromatic carbocycles.